The Kier molecular flexibility index (Phi) is 6.92. The number of carbonyl (C=O) groups excluding carboxylic acids is 2. The largest absolute Gasteiger partial charge is 0.494 e. The van der Waals surface area contributed by atoms with Gasteiger partial charge in [-0.2, -0.15) is 0 Å². The fourth-order valence-corrected chi connectivity index (χ4v) is 3.06. The summed E-state index contributed by atoms with van der Waals surface area (Å²) in [6, 6.07) is 13.9. The van der Waals surface area contributed by atoms with E-state index in [1.165, 1.54) is 9.47 Å². The summed E-state index contributed by atoms with van der Waals surface area (Å²) in [6.07, 6.45) is 1.61. The second kappa shape index (κ2) is 9.80. The van der Waals surface area contributed by atoms with E-state index in [0.29, 0.717) is 24.4 Å². The van der Waals surface area contributed by atoms with Gasteiger partial charge in [0.05, 0.1) is 17.9 Å². The quantitative estimate of drug-likeness (QED) is 0.562. The van der Waals surface area contributed by atoms with E-state index in [2.05, 4.69) is 4.98 Å². The van der Waals surface area contributed by atoms with Crippen LogP contribution in [-0.4, -0.2) is 46.6 Å². The number of esters is 1. The molecule has 0 unspecified atom stereocenters. The van der Waals surface area contributed by atoms with Crippen molar-refractivity contribution in [1.29, 1.82) is 0 Å². The summed E-state index contributed by atoms with van der Waals surface area (Å²) in [5, 5.41) is 0. The molecule has 1 heterocycles. The molecule has 0 aliphatic carbocycles. The van der Waals surface area contributed by atoms with E-state index in [4.69, 9.17) is 9.47 Å². The number of imidazole rings is 1. The maximum Gasteiger partial charge on any atom is 0.338 e. The van der Waals surface area contributed by atoms with Gasteiger partial charge >= 0.3 is 11.7 Å². The van der Waals surface area contributed by atoms with Crippen molar-refractivity contribution in [2.24, 2.45) is 0 Å². The van der Waals surface area contributed by atoms with E-state index < -0.39 is 5.97 Å². The molecule has 1 N–H and O–H groups in total. The molecule has 0 aliphatic rings. The van der Waals surface area contributed by atoms with Crippen LogP contribution >= 0.6 is 0 Å². The third kappa shape index (κ3) is 5.42. The molecule has 0 aliphatic heterocycles. The Morgan fingerprint density at radius 1 is 1.06 bits per heavy atom. The predicted molar refractivity (Wildman–Crippen MR) is 115 cm³/mol. The van der Waals surface area contributed by atoms with Crippen LogP contribution in [0.1, 0.15) is 28.5 Å². The molecule has 31 heavy (non-hydrogen) atoms. The molecular weight excluding hydrogens is 398 g/mol. The highest BCUT2D eigenvalue weighted by molar-refractivity contribution is 5.91. The number of nitrogens with zero attached hydrogens (tertiary/aromatic N) is 2. The number of H-pyrrole nitrogens is 1. The molecule has 1 amide bonds. The first-order valence-electron chi connectivity index (χ1n) is 9.89. The van der Waals surface area contributed by atoms with E-state index in [-0.39, 0.29) is 18.2 Å². The van der Waals surface area contributed by atoms with Crippen LogP contribution in [0.15, 0.2) is 59.5 Å². The summed E-state index contributed by atoms with van der Waals surface area (Å²) in [5.41, 5.74) is 2.37. The Morgan fingerprint density at radius 2 is 1.74 bits per heavy atom. The maximum absolute atomic E-state index is 12.3. The summed E-state index contributed by atoms with van der Waals surface area (Å²) in [7, 11) is 1.65. The van der Waals surface area contributed by atoms with Gasteiger partial charge in [-0.1, -0.05) is 12.1 Å². The minimum atomic E-state index is -0.604. The van der Waals surface area contributed by atoms with Crippen molar-refractivity contribution in [2.75, 3.05) is 20.3 Å². The van der Waals surface area contributed by atoms with Crippen molar-refractivity contribution in [1.82, 2.24) is 14.5 Å². The summed E-state index contributed by atoms with van der Waals surface area (Å²) < 4.78 is 12.1. The fraction of sp³-hybridized carbons (Fsp3) is 0.261. The van der Waals surface area contributed by atoms with Gasteiger partial charge in [0.15, 0.2) is 6.61 Å². The first kappa shape index (κ1) is 21.9. The SMILES string of the molecule is CCOc1ccc(CN(C)C(=O)COC(=O)c2ccc(-n3c(C)c[nH]c3=O)cc2)cc1. The van der Waals surface area contributed by atoms with Crippen LogP contribution in [0, 0.1) is 6.92 Å². The third-order valence-corrected chi connectivity index (χ3v) is 4.73. The van der Waals surface area contributed by atoms with Gasteiger partial charge in [0.2, 0.25) is 0 Å². The molecule has 0 spiro atoms. The van der Waals surface area contributed by atoms with E-state index in [1.54, 1.807) is 44.4 Å². The number of likely N-dealkylation sites (N-methyl/N-ethyl adjacent to an activating group) is 1. The lowest BCUT2D eigenvalue weighted by atomic mass is 10.2. The molecule has 0 bridgehead atoms. The van der Waals surface area contributed by atoms with E-state index in [1.807, 2.05) is 31.2 Å². The monoisotopic (exact) mass is 423 g/mol. The Labute approximate surface area is 180 Å². The summed E-state index contributed by atoms with van der Waals surface area (Å²) in [4.78, 5) is 40.5. The van der Waals surface area contributed by atoms with Gasteiger partial charge in [-0.25, -0.2) is 9.59 Å². The van der Waals surface area contributed by atoms with Crippen molar-refractivity contribution in [2.45, 2.75) is 20.4 Å². The smallest absolute Gasteiger partial charge is 0.338 e. The number of hydrogen-bond donors (Lipinski definition) is 1. The molecule has 0 saturated heterocycles. The van der Waals surface area contributed by atoms with Crippen LogP contribution in [0.3, 0.4) is 0 Å². The first-order valence-corrected chi connectivity index (χ1v) is 9.89. The summed E-state index contributed by atoms with van der Waals surface area (Å²) in [6.45, 7) is 4.35. The standard InChI is InChI=1S/C23H25N3O5/c1-4-30-20-11-5-17(6-12-20)14-25(3)21(27)15-31-22(28)18-7-9-19(10-8-18)26-16(2)13-24-23(26)29/h5-13H,4,14-15H2,1-3H3,(H,24,29). The lowest BCUT2D eigenvalue weighted by Crippen LogP contribution is -2.30. The molecule has 0 fully saturated rings. The maximum atomic E-state index is 12.3. The molecule has 8 nitrogen and oxygen atoms in total. The van der Waals surface area contributed by atoms with Crippen LogP contribution in [0.4, 0.5) is 0 Å². The van der Waals surface area contributed by atoms with Crippen molar-refractivity contribution in [3.8, 4) is 11.4 Å². The number of benzene rings is 2. The Hall–Kier alpha value is -3.81. The van der Waals surface area contributed by atoms with Gasteiger partial charge < -0.3 is 19.4 Å². The highest BCUT2D eigenvalue weighted by Crippen LogP contribution is 2.14. The molecule has 3 rings (SSSR count). The number of amides is 1. The number of ether oxygens (including phenoxy) is 2. The zero-order valence-corrected chi connectivity index (χ0v) is 17.8. The second-order valence-electron chi connectivity index (χ2n) is 7.02. The average molecular weight is 423 g/mol. The van der Waals surface area contributed by atoms with Gasteiger partial charge in [0.1, 0.15) is 5.75 Å². The number of carbonyl (C=O) groups is 2. The topological polar surface area (TPSA) is 93.6 Å². The lowest BCUT2D eigenvalue weighted by Gasteiger charge is -2.17. The predicted octanol–water partition coefficient (Wildman–Crippen LogP) is 2.69. The molecule has 1 aromatic heterocycles. The van der Waals surface area contributed by atoms with Gasteiger partial charge in [0, 0.05) is 25.5 Å². The van der Waals surface area contributed by atoms with Crippen molar-refractivity contribution >= 4 is 11.9 Å². The van der Waals surface area contributed by atoms with Gasteiger partial charge in [0.25, 0.3) is 5.91 Å². The van der Waals surface area contributed by atoms with Gasteiger partial charge in [-0.3, -0.25) is 9.36 Å². The first-order chi connectivity index (χ1) is 14.9. The number of rotatable bonds is 8. The van der Waals surface area contributed by atoms with Crippen LogP contribution in [0.2, 0.25) is 0 Å². The summed E-state index contributed by atoms with van der Waals surface area (Å²) >= 11 is 0. The summed E-state index contributed by atoms with van der Waals surface area (Å²) in [5.74, 6) is -0.141. The highest BCUT2D eigenvalue weighted by Gasteiger charge is 2.14. The second-order valence-corrected chi connectivity index (χ2v) is 7.02. The van der Waals surface area contributed by atoms with Crippen molar-refractivity contribution in [3.05, 3.63) is 82.0 Å². The Morgan fingerprint density at radius 3 is 2.32 bits per heavy atom. The number of aryl methyl sites for hydroxylation is 1. The van der Waals surface area contributed by atoms with Crippen LogP contribution in [-0.2, 0) is 16.1 Å². The molecule has 162 valence electrons. The number of hydrogen-bond acceptors (Lipinski definition) is 5. The zero-order valence-electron chi connectivity index (χ0n) is 17.8. The Balaban J connectivity index is 1.53. The Bertz CT molecular complexity index is 1100. The van der Waals surface area contributed by atoms with E-state index >= 15 is 0 Å². The minimum Gasteiger partial charge on any atom is -0.494 e. The molecule has 0 radical (unpaired) electrons. The van der Waals surface area contributed by atoms with Crippen molar-refractivity contribution < 1.29 is 19.1 Å². The van der Waals surface area contributed by atoms with E-state index in [9.17, 15) is 14.4 Å². The van der Waals surface area contributed by atoms with Crippen LogP contribution in [0.5, 0.6) is 5.75 Å². The molecule has 3 aromatic rings. The molecule has 0 atom stereocenters. The van der Waals surface area contributed by atoms with Gasteiger partial charge in [-0.05, 0) is 55.8 Å². The molecule has 0 saturated carbocycles. The third-order valence-electron chi connectivity index (χ3n) is 4.73. The van der Waals surface area contributed by atoms with Crippen molar-refractivity contribution in [3.63, 3.8) is 0 Å². The number of aromatic nitrogens is 2. The molecule has 2 aromatic carbocycles. The average Bonchev–Trinajstić information content (AvgIpc) is 3.11. The number of aromatic amines is 1. The normalized spacial score (nSPS) is 10.5. The molecule has 8 heteroatoms. The van der Waals surface area contributed by atoms with E-state index in [0.717, 1.165) is 17.0 Å². The van der Waals surface area contributed by atoms with Crippen LogP contribution in [0.25, 0.3) is 5.69 Å². The zero-order chi connectivity index (χ0) is 22.4. The fourth-order valence-electron chi connectivity index (χ4n) is 3.06. The lowest BCUT2D eigenvalue weighted by molar-refractivity contribution is -0.133. The highest BCUT2D eigenvalue weighted by atomic mass is 16.5. The number of nitrogens with one attached hydrogen (secondary N) is 1. The minimum absolute atomic E-state index is 0.256. The molecular formula is C23H25N3O5. The van der Waals surface area contributed by atoms with Crippen LogP contribution < -0.4 is 10.4 Å². The van der Waals surface area contributed by atoms with Gasteiger partial charge in [-0.15, -0.1) is 0 Å².